The number of hydrogen-bond acceptors (Lipinski definition) is 4. The number of para-hydroxylation sites is 2. The van der Waals surface area contributed by atoms with Gasteiger partial charge in [0.2, 0.25) is 5.91 Å². The second-order valence-electron chi connectivity index (χ2n) is 5.06. The summed E-state index contributed by atoms with van der Waals surface area (Å²) in [5.74, 6) is -1.09. The van der Waals surface area contributed by atoms with Crippen LogP contribution in [0.25, 0.3) is 0 Å². The summed E-state index contributed by atoms with van der Waals surface area (Å²) in [4.78, 5) is 24.5. The van der Waals surface area contributed by atoms with Crippen molar-refractivity contribution in [3.63, 3.8) is 0 Å². The molecule has 2 aromatic rings. The summed E-state index contributed by atoms with van der Waals surface area (Å²) in [6.07, 6.45) is -4.49. The van der Waals surface area contributed by atoms with E-state index < -0.39 is 30.6 Å². The molecule has 9 heteroatoms. The van der Waals surface area contributed by atoms with Crippen LogP contribution in [0.5, 0.6) is 5.75 Å². The summed E-state index contributed by atoms with van der Waals surface area (Å²) in [5, 5.41) is 6.70. The molecule has 0 aliphatic heterocycles. The van der Waals surface area contributed by atoms with Crippen molar-refractivity contribution in [1.29, 1.82) is 0 Å². The minimum Gasteiger partial charge on any atom is -0.482 e. The Morgan fingerprint density at radius 1 is 1.20 bits per heavy atom. The first-order valence-electron chi connectivity index (χ1n) is 7.20. The maximum atomic E-state index is 12.3. The standard InChI is InChI=1S/C16H15F3N2O3S/c1-10(20-15(23)13-7-4-8-25-13)14(22)21-11-5-2-3-6-12(11)24-9-16(17,18)19/h2-8,10H,9H2,1H3,(H,20,23)(H,21,22). The number of hydrogen-bond donors (Lipinski definition) is 2. The first-order chi connectivity index (χ1) is 11.8. The van der Waals surface area contributed by atoms with Crippen molar-refractivity contribution >= 4 is 28.8 Å². The first-order valence-corrected chi connectivity index (χ1v) is 8.08. The summed E-state index contributed by atoms with van der Waals surface area (Å²) in [7, 11) is 0. The van der Waals surface area contributed by atoms with Crippen molar-refractivity contribution in [1.82, 2.24) is 5.32 Å². The van der Waals surface area contributed by atoms with Crippen molar-refractivity contribution in [2.75, 3.05) is 11.9 Å². The third kappa shape index (κ3) is 5.79. The van der Waals surface area contributed by atoms with Crippen molar-refractivity contribution in [3.05, 3.63) is 46.7 Å². The molecule has 2 rings (SSSR count). The molecule has 1 unspecified atom stereocenters. The van der Waals surface area contributed by atoms with Gasteiger partial charge in [0.1, 0.15) is 11.8 Å². The summed E-state index contributed by atoms with van der Waals surface area (Å²) in [6.45, 7) is 0.00454. The lowest BCUT2D eigenvalue weighted by molar-refractivity contribution is -0.153. The molecule has 1 aromatic heterocycles. The Labute approximate surface area is 145 Å². The predicted molar refractivity (Wildman–Crippen MR) is 87.9 cm³/mol. The molecule has 0 saturated heterocycles. The predicted octanol–water partition coefficient (Wildman–Crippen LogP) is 3.45. The number of ether oxygens (including phenoxy) is 1. The number of carbonyl (C=O) groups excluding carboxylic acids is 2. The summed E-state index contributed by atoms with van der Waals surface area (Å²) in [5.41, 5.74) is 0.0916. The molecule has 1 aromatic carbocycles. The summed E-state index contributed by atoms with van der Waals surface area (Å²) < 4.78 is 41.5. The molecule has 2 N–H and O–H groups in total. The normalized spacial score (nSPS) is 12.3. The number of carbonyl (C=O) groups is 2. The number of anilines is 1. The van der Waals surface area contributed by atoms with Crippen molar-refractivity contribution in [3.8, 4) is 5.75 Å². The second-order valence-corrected chi connectivity index (χ2v) is 6.01. The lowest BCUT2D eigenvalue weighted by Gasteiger charge is -2.16. The van der Waals surface area contributed by atoms with E-state index in [0.717, 1.165) is 0 Å². The van der Waals surface area contributed by atoms with Crippen LogP contribution in [0.1, 0.15) is 16.6 Å². The van der Waals surface area contributed by atoms with E-state index in [9.17, 15) is 22.8 Å². The van der Waals surface area contributed by atoms with E-state index in [1.165, 1.54) is 36.5 Å². The molecule has 1 heterocycles. The highest BCUT2D eigenvalue weighted by atomic mass is 32.1. The zero-order chi connectivity index (χ0) is 18.4. The van der Waals surface area contributed by atoms with Gasteiger partial charge in [-0.2, -0.15) is 13.2 Å². The van der Waals surface area contributed by atoms with Gasteiger partial charge in [-0.3, -0.25) is 9.59 Å². The third-order valence-corrected chi connectivity index (χ3v) is 3.89. The minimum atomic E-state index is -4.49. The van der Waals surface area contributed by atoms with Crippen molar-refractivity contribution < 1.29 is 27.5 Å². The molecule has 0 aliphatic carbocycles. The monoisotopic (exact) mass is 372 g/mol. The number of halogens is 3. The third-order valence-electron chi connectivity index (χ3n) is 3.02. The molecule has 0 spiro atoms. The van der Waals surface area contributed by atoms with Crippen LogP contribution in [0, 0.1) is 0 Å². The van der Waals surface area contributed by atoms with E-state index >= 15 is 0 Å². The lowest BCUT2D eigenvalue weighted by Crippen LogP contribution is -2.41. The van der Waals surface area contributed by atoms with Gasteiger partial charge in [-0.1, -0.05) is 18.2 Å². The van der Waals surface area contributed by atoms with Crippen LogP contribution in [0.15, 0.2) is 41.8 Å². The Hall–Kier alpha value is -2.55. The zero-order valence-corrected chi connectivity index (χ0v) is 13.9. The van der Waals surface area contributed by atoms with Gasteiger partial charge in [0.05, 0.1) is 10.6 Å². The Kier molecular flexibility index (Phi) is 6.02. The van der Waals surface area contributed by atoms with E-state index in [4.69, 9.17) is 4.74 Å². The fourth-order valence-electron chi connectivity index (χ4n) is 1.84. The highest BCUT2D eigenvalue weighted by Gasteiger charge is 2.29. The molecular formula is C16H15F3N2O3S. The van der Waals surface area contributed by atoms with Gasteiger partial charge in [-0.15, -0.1) is 11.3 Å². The van der Waals surface area contributed by atoms with Crippen LogP contribution in [-0.4, -0.2) is 30.6 Å². The largest absolute Gasteiger partial charge is 0.482 e. The van der Waals surface area contributed by atoms with Crippen molar-refractivity contribution in [2.24, 2.45) is 0 Å². The topological polar surface area (TPSA) is 67.4 Å². The number of benzene rings is 1. The van der Waals surface area contributed by atoms with E-state index in [-0.39, 0.29) is 11.4 Å². The molecule has 2 amide bonds. The highest BCUT2D eigenvalue weighted by Crippen LogP contribution is 2.26. The van der Waals surface area contributed by atoms with Gasteiger partial charge in [-0.25, -0.2) is 0 Å². The van der Waals surface area contributed by atoms with Gasteiger partial charge in [0.25, 0.3) is 5.91 Å². The molecule has 1 atom stereocenters. The first kappa shape index (κ1) is 18.8. The van der Waals surface area contributed by atoms with Crippen LogP contribution < -0.4 is 15.4 Å². The molecule has 5 nitrogen and oxygen atoms in total. The van der Waals surface area contributed by atoms with Crippen molar-refractivity contribution in [2.45, 2.75) is 19.1 Å². The minimum absolute atomic E-state index is 0.0916. The molecule has 0 fully saturated rings. The maximum Gasteiger partial charge on any atom is 0.422 e. The summed E-state index contributed by atoms with van der Waals surface area (Å²) in [6, 6.07) is 8.20. The average molecular weight is 372 g/mol. The zero-order valence-electron chi connectivity index (χ0n) is 13.1. The van der Waals surface area contributed by atoms with Crippen LogP contribution in [0.4, 0.5) is 18.9 Å². The van der Waals surface area contributed by atoms with Crippen LogP contribution in [-0.2, 0) is 4.79 Å². The molecule has 0 bridgehead atoms. The fraction of sp³-hybridized carbons (Fsp3) is 0.250. The van der Waals surface area contributed by atoms with E-state index in [1.807, 2.05) is 0 Å². The maximum absolute atomic E-state index is 12.3. The number of alkyl halides is 3. The van der Waals surface area contributed by atoms with Gasteiger partial charge in [-0.05, 0) is 30.5 Å². The number of rotatable bonds is 6. The van der Waals surface area contributed by atoms with Crippen LogP contribution >= 0.6 is 11.3 Å². The molecule has 134 valence electrons. The molecular weight excluding hydrogens is 357 g/mol. The lowest BCUT2D eigenvalue weighted by atomic mass is 10.2. The van der Waals surface area contributed by atoms with Gasteiger partial charge in [0, 0.05) is 0 Å². The van der Waals surface area contributed by atoms with E-state index in [2.05, 4.69) is 10.6 Å². The Balaban J connectivity index is 1.98. The molecule has 0 radical (unpaired) electrons. The molecule has 25 heavy (non-hydrogen) atoms. The smallest absolute Gasteiger partial charge is 0.422 e. The summed E-state index contributed by atoms with van der Waals surface area (Å²) >= 11 is 1.23. The SMILES string of the molecule is CC(NC(=O)c1cccs1)C(=O)Nc1ccccc1OCC(F)(F)F. The Bertz CT molecular complexity index is 732. The Morgan fingerprint density at radius 2 is 1.92 bits per heavy atom. The number of nitrogens with one attached hydrogen (secondary N) is 2. The molecule has 0 aliphatic rings. The average Bonchev–Trinajstić information content (AvgIpc) is 3.07. The highest BCUT2D eigenvalue weighted by molar-refractivity contribution is 7.12. The fourth-order valence-corrected chi connectivity index (χ4v) is 2.46. The van der Waals surface area contributed by atoms with Crippen LogP contribution in [0.2, 0.25) is 0 Å². The number of thiophene rings is 1. The van der Waals surface area contributed by atoms with Gasteiger partial charge >= 0.3 is 6.18 Å². The van der Waals surface area contributed by atoms with E-state index in [1.54, 1.807) is 23.6 Å². The Morgan fingerprint density at radius 3 is 2.56 bits per heavy atom. The van der Waals surface area contributed by atoms with Crippen LogP contribution in [0.3, 0.4) is 0 Å². The van der Waals surface area contributed by atoms with Gasteiger partial charge in [0.15, 0.2) is 6.61 Å². The number of amides is 2. The second kappa shape index (κ2) is 8.02. The van der Waals surface area contributed by atoms with E-state index in [0.29, 0.717) is 4.88 Å². The quantitative estimate of drug-likeness (QED) is 0.816. The van der Waals surface area contributed by atoms with Gasteiger partial charge < -0.3 is 15.4 Å². The molecule has 0 saturated carbocycles.